The molecule has 3 heterocycles. The number of nitrogens with zero attached hydrogens (tertiary/aromatic N) is 3. The van der Waals surface area contributed by atoms with Gasteiger partial charge in [-0.3, -0.25) is 9.36 Å². The van der Waals surface area contributed by atoms with E-state index in [9.17, 15) is 4.79 Å². The van der Waals surface area contributed by atoms with E-state index in [2.05, 4.69) is 13.0 Å². The minimum Gasteiger partial charge on any atom is -0.467 e. The Bertz CT molecular complexity index is 1030. The van der Waals surface area contributed by atoms with E-state index in [1.54, 1.807) is 22.2 Å². The smallest absolute Gasteiger partial charge is 0.263 e. The first kappa shape index (κ1) is 17.4. The second-order valence-corrected chi connectivity index (χ2v) is 8.80. The Hall–Kier alpha value is -2.04. The maximum Gasteiger partial charge on any atom is 0.263 e. The molecule has 0 aliphatic heterocycles. The molecule has 0 saturated heterocycles. The van der Waals surface area contributed by atoms with Crippen LogP contribution in [0.4, 0.5) is 0 Å². The van der Waals surface area contributed by atoms with Gasteiger partial charge in [0, 0.05) is 17.1 Å². The summed E-state index contributed by atoms with van der Waals surface area (Å²) in [4.78, 5) is 20.3. The first-order valence-corrected chi connectivity index (χ1v) is 10.5. The van der Waals surface area contributed by atoms with Gasteiger partial charge in [-0.2, -0.15) is 5.26 Å². The van der Waals surface area contributed by atoms with Gasteiger partial charge >= 0.3 is 0 Å². The zero-order valence-electron chi connectivity index (χ0n) is 14.5. The second kappa shape index (κ2) is 7.29. The minimum atomic E-state index is 0.0120. The van der Waals surface area contributed by atoms with Crippen molar-refractivity contribution >= 4 is 33.3 Å². The Morgan fingerprint density at radius 3 is 3.19 bits per heavy atom. The lowest BCUT2D eigenvalue weighted by Crippen LogP contribution is -2.24. The first-order chi connectivity index (χ1) is 12.7. The molecule has 0 spiro atoms. The quantitative estimate of drug-likeness (QED) is 0.373. The molecule has 1 aliphatic rings. The third-order valence-electron chi connectivity index (χ3n) is 4.72. The fourth-order valence-corrected chi connectivity index (χ4v) is 5.67. The van der Waals surface area contributed by atoms with Crippen LogP contribution in [0, 0.1) is 17.2 Å². The van der Waals surface area contributed by atoms with Crippen molar-refractivity contribution in [3.63, 3.8) is 0 Å². The molecule has 5 nitrogen and oxygen atoms in total. The summed E-state index contributed by atoms with van der Waals surface area (Å²) in [6.45, 7) is 2.63. The Labute approximate surface area is 159 Å². The number of thiophene rings is 1. The van der Waals surface area contributed by atoms with Crippen molar-refractivity contribution in [2.24, 2.45) is 5.92 Å². The van der Waals surface area contributed by atoms with Crippen molar-refractivity contribution in [2.75, 3.05) is 5.75 Å². The van der Waals surface area contributed by atoms with E-state index in [1.165, 1.54) is 22.2 Å². The summed E-state index contributed by atoms with van der Waals surface area (Å²) < 4.78 is 7.15. The van der Waals surface area contributed by atoms with Crippen molar-refractivity contribution < 1.29 is 4.42 Å². The average molecular weight is 386 g/mol. The van der Waals surface area contributed by atoms with Gasteiger partial charge in [0.15, 0.2) is 5.16 Å². The second-order valence-electron chi connectivity index (χ2n) is 6.65. The van der Waals surface area contributed by atoms with Gasteiger partial charge in [0.2, 0.25) is 0 Å². The fraction of sp³-hybridized carbons (Fsp3) is 0.421. The van der Waals surface area contributed by atoms with Gasteiger partial charge in [-0.15, -0.1) is 11.3 Å². The van der Waals surface area contributed by atoms with Crippen LogP contribution in [0.15, 0.2) is 32.8 Å². The van der Waals surface area contributed by atoms with Crippen LogP contribution < -0.4 is 5.56 Å². The lowest BCUT2D eigenvalue weighted by atomic mass is 9.89. The van der Waals surface area contributed by atoms with Gasteiger partial charge in [-0.25, -0.2) is 4.98 Å². The highest BCUT2D eigenvalue weighted by atomic mass is 32.2. The predicted molar refractivity (Wildman–Crippen MR) is 104 cm³/mol. The molecule has 1 aliphatic carbocycles. The Morgan fingerprint density at radius 1 is 1.54 bits per heavy atom. The molecule has 134 valence electrons. The highest BCUT2D eigenvalue weighted by molar-refractivity contribution is 7.99. The topological polar surface area (TPSA) is 71.8 Å². The van der Waals surface area contributed by atoms with Crippen molar-refractivity contribution in [3.8, 4) is 6.07 Å². The van der Waals surface area contributed by atoms with Crippen LogP contribution in [0.3, 0.4) is 0 Å². The lowest BCUT2D eigenvalue weighted by Gasteiger charge is -2.17. The summed E-state index contributed by atoms with van der Waals surface area (Å²) in [6.07, 6.45) is 5.15. The molecule has 4 rings (SSSR count). The zero-order valence-corrected chi connectivity index (χ0v) is 16.2. The van der Waals surface area contributed by atoms with Crippen LogP contribution in [0.25, 0.3) is 10.2 Å². The third kappa shape index (κ3) is 3.19. The number of fused-ring (bicyclic) bond motifs is 3. The van der Waals surface area contributed by atoms with Crippen molar-refractivity contribution in [1.82, 2.24) is 9.55 Å². The summed E-state index contributed by atoms with van der Waals surface area (Å²) in [5.41, 5.74) is 1.21. The lowest BCUT2D eigenvalue weighted by molar-refractivity contribution is 0.476. The summed E-state index contributed by atoms with van der Waals surface area (Å²) in [7, 11) is 0. The van der Waals surface area contributed by atoms with E-state index in [-0.39, 0.29) is 5.56 Å². The number of aromatic nitrogens is 2. The van der Waals surface area contributed by atoms with Crippen LogP contribution in [0.5, 0.6) is 0 Å². The average Bonchev–Trinajstić information content (AvgIpc) is 3.25. The number of furan rings is 1. The molecule has 7 heteroatoms. The molecule has 1 atom stereocenters. The number of hydrogen-bond donors (Lipinski definition) is 0. The SMILES string of the molecule is C[C@H]1CCc2c(sc3nc(SCCC#N)n(Cc4ccco4)c(=O)c23)C1. The standard InChI is InChI=1S/C19H19N3O2S2/c1-12-5-6-14-15(10-12)26-17-16(14)18(23)22(11-13-4-2-8-24-13)19(21-17)25-9-3-7-20/h2,4,8,12H,3,5-6,9-11H2,1H3/t12-/m0/s1. The van der Waals surface area contributed by atoms with Crippen LogP contribution in [-0.4, -0.2) is 15.3 Å². The van der Waals surface area contributed by atoms with E-state index in [1.807, 2.05) is 12.1 Å². The summed E-state index contributed by atoms with van der Waals surface area (Å²) in [5, 5.41) is 10.3. The van der Waals surface area contributed by atoms with Crippen molar-refractivity contribution in [1.29, 1.82) is 5.26 Å². The zero-order chi connectivity index (χ0) is 18.1. The molecular weight excluding hydrogens is 366 g/mol. The maximum atomic E-state index is 13.3. The van der Waals surface area contributed by atoms with Crippen LogP contribution in [0.1, 0.15) is 36.0 Å². The van der Waals surface area contributed by atoms with Crippen molar-refractivity contribution in [3.05, 3.63) is 45.0 Å². The van der Waals surface area contributed by atoms with E-state index >= 15 is 0 Å². The molecule has 3 aromatic rings. The Balaban J connectivity index is 1.84. The van der Waals surface area contributed by atoms with Gasteiger partial charge < -0.3 is 4.42 Å². The molecule has 0 aromatic carbocycles. The molecule has 0 unspecified atom stereocenters. The molecule has 0 radical (unpaired) electrons. The van der Waals surface area contributed by atoms with Crippen molar-refractivity contribution in [2.45, 2.75) is 44.3 Å². The normalized spacial score (nSPS) is 16.5. The van der Waals surface area contributed by atoms with E-state index in [0.29, 0.717) is 29.8 Å². The van der Waals surface area contributed by atoms with Gasteiger partial charge in [0.25, 0.3) is 5.56 Å². The van der Waals surface area contributed by atoms with Gasteiger partial charge in [0.05, 0.1) is 24.3 Å². The largest absolute Gasteiger partial charge is 0.467 e. The third-order valence-corrected chi connectivity index (χ3v) is 6.85. The number of nitriles is 1. The van der Waals surface area contributed by atoms with Gasteiger partial charge in [-0.1, -0.05) is 18.7 Å². The molecule has 0 N–H and O–H groups in total. The summed E-state index contributed by atoms with van der Waals surface area (Å²) in [6, 6.07) is 5.84. The van der Waals surface area contributed by atoms with E-state index < -0.39 is 0 Å². The van der Waals surface area contributed by atoms with E-state index in [4.69, 9.17) is 14.7 Å². The maximum absolute atomic E-state index is 13.3. The summed E-state index contributed by atoms with van der Waals surface area (Å²) in [5.74, 6) is 2.01. The predicted octanol–water partition coefficient (Wildman–Crippen LogP) is 4.23. The molecule has 0 bridgehead atoms. The summed E-state index contributed by atoms with van der Waals surface area (Å²) >= 11 is 3.12. The number of hydrogen-bond acceptors (Lipinski definition) is 6. The van der Waals surface area contributed by atoms with Gasteiger partial charge in [-0.05, 0) is 42.9 Å². The fourth-order valence-electron chi connectivity index (χ4n) is 3.40. The highest BCUT2D eigenvalue weighted by Crippen LogP contribution is 2.36. The minimum absolute atomic E-state index is 0.0120. The molecular formula is C19H19N3O2S2. The van der Waals surface area contributed by atoms with Crippen LogP contribution in [0.2, 0.25) is 0 Å². The molecule has 0 amide bonds. The molecule has 0 fully saturated rings. The molecule has 26 heavy (non-hydrogen) atoms. The monoisotopic (exact) mass is 385 g/mol. The Kier molecular flexibility index (Phi) is 4.88. The Morgan fingerprint density at radius 2 is 2.42 bits per heavy atom. The number of rotatable bonds is 5. The van der Waals surface area contributed by atoms with Crippen LogP contribution >= 0.6 is 23.1 Å². The number of thioether (sulfide) groups is 1. The first-order valence-electron chi connectivity index (χ1n) is 8.74. The molecule has 0 saturated carbocycles. The van der Waals surface area contributed by atoms with Gasteiger partial charge in [0.1, 0.15) is 10.6 Å². The van der Waals surface area contributed by atoms with Crippen LogP contribution in [-0.2, 0) is 19.4 Å². The molecule has 3 aromatic heterocycles. The highest BCUT2D eigenvalue weighted by Gasteiger charge is 2.25. The number of aryl methyl sites for hydroxylation is 1. The van der Waals surface area contributed by atoms with E-state index in [0.717, 1.165) is 35.2 Å².